The minimum atomic E-state index is 0.268. The second-order valence-electron chi connectivity index (χ2n) is 7.28. The first-order chi connectivity index (χ1) is 13.6. The zero-order valence-corrected chi connectivity index (χ0v) is 17.2. The second-order valence-corrected chi connectivity index (χ2v) is 7.28. The number of likely N-dealkylation sites (N-methyl/N-ethyl adjacent to an activating group) is 1. The van der Waals surface area contributed by atoms with E-state index < -0.39 is 0 Å². The van der Waals surface area contributed by atoms with Crippen LogP contribution >= 0.6 is 0 Å². The van der Waals surface area contributed by atoms with Gasteiger partial charge in [0.15, 0.2) is 11.8 Å². The summed E-state index contributed by atoms with van der Waals surface area (Å²) in [4.78, 5) is 11.2. The molecule has 28 heavy (non-hydrogen) atoms. The van der Waals surface area contributed by atoms with Gasteiger partial charge in [0.05, 0.1) is 12.6 Å². The summed E-state index contributed by atoms with van der Waals surface area (Å²) < 4.78 is 7.12. The van der Waals surface area contributed by atoms with Crippen molar-refractivity contribution in [2.45, 2.75) is 38.1 Å². The van der Waals surface area contributed by atoms with Crippen molar-refractivity contribution in [2.75, 3.05) is 34.8 Å². The highest BCUT2D eigenvalue weighted by molar-refractivity contribution is 5.80. The molecule has 1 aromatic carbocycles. The van der Waals surface area contributed by atoms with Gasteiger partial charge in [-0.15, -0.1) is 0 Å². The largest absolute Gasteiger partial charge is 0.377 e. The Bertz CT molecular complexity index is 772. The number of methoxy groups -OCH3 is 1. The van der Waals surface area contributed by atoms with Crippen molar-refractivity contribution in [2.24, 2.45) is 4.99 Å². The Morgan fingerprint density at radius 1 is 1.36 bits per heavy atom. The minimum absolute atomic E-state index is 0.268. The zero-order chi connectivity index (χ0) is 19.9. The zero-order valence-electron chi connectivity index (χ0n) is 17.2. The molecule has 0 aliphatic carbocycles. The lowest BCUT2D eigenvalue weighted by Gasteiger charge is -2.28. The molecule has 0 spiro atoms. The Hall–Kier alpha value is -2.45. The van der Waals surface area contributed by atoms with Crippen LogP contribution in [0.3, 0.4) is 0 Å². The van der Waals surface area contributed by atoms with Gasteiger partial charge in [-0.2, -0.15) is 5.10 Å². The maximum atomic E-state index is 5.14. The number of ether oxygens (including phenoxy) is 1. The molecule has 1 aliphatic rings. The fraction of sp³-hybridized carbons (Fsp3) is 0.550. The van der Waals surface area contributed by atoms with Gasteiger partial charge in [-0.1, -0.05) is 30.3 Å². The molecule has 0 bridgehead atoms. The second kappa shape index (κ2) is 9.66. The average Bonchev–Trinajstić information content (AvgIpc) is 3.09. The molecular weight excluding hydrogens is 354 g/mol. The van der Waals surface area contributed by atoms with E-state index in [0.29, 0.717) is 6.61 Å². The molecule has 8 nitrogen and oxygen atoms in total. The van der Waals surface area contributed by atoms with Crippen LogP contribution in [-0.4, -0.2) is 66.5 Å². The third-order valence-electron chi connectivity index (χ3n) is 5.01. The summed E-state index contributed by atoms with van der Waals surface area (Å²) in [6.07, 6.45) is 1.90. The van der Waals surface area contributed by atoms with Crippen LogP contribution in [0.15, 0.2) is 35.3 Å². The lowest BCUT2D eigenvalue weighted by Crippen LogP contribution is -2.48. The highest BCUT2D eigenvalue weighted by atomic mass is 16.5. The summed E-state index contributed by atoms with van der Waals surface area (Å²) >= 11 is 0. The van der Waals surface area contributed by atoms with Gasteiger partial charge >= 0.3 is 0 Å². The van der Waals surface area contributed by atoms with Gasteiger partial charge in [0, 0.05) is 33.2 Å². The van der Waals surface area contributed by atoms with Crippen LogP contribution in [0.1, 0.15) is 29.7 Å². The van der Waals surface area contributed by atoms with Crippen molar-refractivity contribution in [3.8, 4) is 0 Å². The number of fused-ring (bicyclic) bond motifs is 1. The molecule has 0 amide bonds. The van der Waals surface area contributed by atoms with E-state index >= 15 is 0 Å². The van der Waals surface area contributed by atoms with Crippen molar-refractivity contribution in [1.82, 2.24) is 30.3 Å². The summed E-state index contributed by atoms with van der Waals surface area (Å²) in [7, 11) is 7.67. The molecule has 2 atom stereocenters. The van der Waals surface area contributed by atoms with Gasteiger partial charge in [-0.05, 0) is 26.1 Å². The number of guanidine groups is 1. The molecule has 0 radical (unpaired) electrons. The van der Waals surface area contributed by atoms with Crippen LogP contribution in [0.25, 0.3) is 0 Å². The summed E-state index contributed by atoms with van der Waals surface area (Å²) in [6, 6.07) is 11.1. The van der Waals surface area contributed by atoms with Gasteiger partial charge in [0.1, 0.15) is 12.4 Å². The van der Waals surface area contributed by atoms with Crippen LogP contribution in [0, 0.1) is 0 Å². The first-order valence-corrected chi connectivity index (χ1v) is 9.70. The Morgan fingerprint density at radius 2 is 2.14 bits per heavy atom. The summed E-state index contributed by atoms with van der Waals surface area (Å²) in [5.41, 5.74) is 1.28. The van der Waals surface area contributed by atoms with E-state index in [4.69, 9.17) is 4.74 Å². The van der Waals surface area contributed by atoms with E-state index in [1.807, 2.05) is 17.8 Å². The van der Waals surface area contributed by atoms with Gasteiger partial charge in [-0.25, -0.2) is 9.67 Å². The highest BCUT2D eigenvalue weighted by Crippen LogP contribution is 2.17. The van der Waals surface area contributed by atoms with E-state index in [2.05, 4.69) is 69.0 Å². The topological polar surface area (TPSA) is 79.6 Å². The first kappa shape index (κ1) is 20.3. The predicted molar refractivity (Wildman–Crippen MR) is 110 cm³/mol. The molecule has 2 heterocycles. The molecular formula is C20H31N7O. The molecule has 0 saturated heterocycles. The molecule has 3 rings (SSSR count). The highest BCUT2D eigenvalue weighted by Gasteiger charge is 2.23. The monoisotopic (exact) mass is 385 g/mol. The van der Waals surface area contributed by atoms with E-state index in [0.717, 1.165) is 43.5 Å². The average molecular weight is 386 g/mol. The van der Waals surface area contributed by atoms with E-state index in [1.165, 1.54) is 5.56 Å². The maximum absolute atomic E-state index is 5.14. The molecule has 0 saturated carbocycles. The molecule has 152 valence electrons. The number of rotatable bonds is 7. The summed E-state index contributed by atoms with van der Waals surface area (Å²) in [5.74, 6) is 2.59. The van der Waals surface area contributed by atoms with Crippen LogP contribution < -0.4 is 10.6 Å². The number of aryl methyl sites for hydroxylation is 1. The van der Waals surface area contributed by atoms with Crippen LogP contribution in [0.4, 0.5) is 0 Å². The van der Waals surface area contributed by atoms with Crippen molar-refractivity contribution in [1.29, 1.82) is 0 Å². The summed E-state index contributed by atoms with van der Waals surface area (Å²) in [6.45, 7) is 2.01. The summed E-state index contributed by atoms with van der Waals surface area (Å²) in [5, 5.41) is 11.5. The first-order valence-electron chi connectivity index (χ1n) is 9.70. The Labute approximate surface area is 167 Å². The van der Waals surface area contributed by atoms with Gasteiger partial charge < -0.3 is 20.3 Å². The lowest BCUT2D eigenvalue weighted by atomic mass is 10.1. The van der Waals surface area contributed by atoms with E-state index in [1.54, 1.807) is 7.11 Å². The molecule has 2 unspecified atom stereocenters. The SMILES string of the molecule is CN=C(NCC(c1ccccc1)N(C)C)NC1CCc2nc(COC)nn2C1. The third kappa shape index (κ3) is 5.08. The van der Waals surface area contributed by atoms with Crippen LogP contribution in [0.2, 0.25) is 0 Å². The molecule has 1 aliphatic heterocycles. The fourth-order valence-electron chi connectivity index (χ4n) is 3.52. The van der Waals surface area contributed by atoms with Gasteiger partial charge in [0.25, 0.3) is 0 Å². The van der Waals surface area contributed by atoms with Gasteiger partial charge in [0.2, 0.25) is 0 Å². The smallest absolute Gasteiger partial charge is 0.191 e. The lowest BCUT2D eigenvalue weighted by molar-refractivity contribution is 0.177. The third-order valence-corrected chi connectivity index (χ3v) is 5.01. The standard InChI is InChI=1S/C20H31N7O/c1-21-20(22-12-17(26(2)3)15-8-6-5-7-9-15)23-16-10-11-19-24-18(14-28-4)25-27(19)13-16/h5-9,16-17H,10-14H2,1-4H3,(H2,21,22,23). The van der Waals surface area contributed by atoms with Crippen LogP contribution in [-0.2, 0) is 24.3 Å². The number of nitrogens with one attached hydrogen (secondary N) is 2. The number of nitrogens with zero attached hydrogens (tertiary/aromatic N) is 5. The van der Waals surface area contributed by atoms with E-state index in [-0.39, 0.29) is 12.1 Å². The molecule has 2 aromatic rings. The minimum Gasteiger partial charge on any atom is -0.377 e. The molecule has 8 heteroatoms. The van der Waals surface area contributed by atoms with Crippen molar-refractivity contribution in [3.05, 3.63) is 47.5 Å². The Balaban J connectivity index is 1.57. The quantitative estimate of drug-likeness (QED) is 0.551. The fourth-order valence-corrected chi connectivity index (χ4v) is 3.52. The van der Waals surface area contributed by atoms with Gasteiger partial charge in [-0.3, -0.25) is 4.99 Å². The molecule has 2 N–H and O–H groups in total. The Kier molecular flexibility index (Phi) is 7.00. The Morgan fingerprint density at radius 3 is 2.82 bits per heavy atom. The normalized spacial score (nSPS) is 18.0. The van der Waals surface area contributed by atoms with Crippen LogP contribution in [0.5, 0.6) is 0 Å². The van der Waals surface area contributed by atoms with Crippen molar-refractivity contribution < 1.29 is 4.74 Å². The number of aromatic nitrogens is 3. The number of aliphatic imine (C=N–C) groups is 1. The van der Waals surface area contributed by atoms with Crippen molar-refractivity contribution in [3.63, 3.8) is 0 Å². The van der Waals surface area contributed by atoms with Crippen molar-refractivity contribution >= 4 is 5.96 Å². The number of benzene rings is 1. The molecule has 1 aromatic heterocycles. The maximum Gasteiger partial charge on any atom is 0.191 e. The predicted octanol–water partition coefficient (Wildman–Crippen LogP) is 1.21. The number of hydrogen-bond acceptors (Lipinski definition) is 5. The number of hydrogen-bond donors (Lipinski definition) is 2. The molecule has 0 fully saturated rings. The van der Waals surface area contributed by atoms with E-state index in [9.17, 15) is 0 Å².